The number of aromatic nitrogens is 2. The van der Waals surface area contributed by atoms with E-state index in [-0.39, 0.29) is 11.3 Å². The number of rotatable bonds is 5. The lowest BCUT2D eigenvalue weighted by molar-refractivity contribution is 0.0950. The topological polar surface area (TPSA) is 85.6 Å². The normalized spacial score (nSPS) is 11.0. The summed E-state index contributed by atoms with van der Waals surface area (Å²) in [6.45, 7) is 0. The number of amides is 1. The second-order valence-electron chi connectivity index (χ2n) is 6.51. The molecule has 1 amide bonds. The minimum absolute atomic E-state index is 0.131. The van der Waals surface area contributed by atoms with Crippen molar-refractivity contribution in [2.24, 2.45) is 12.1 Å². The second-order valence-corrected chi connectivity index (χ2v) is 6.51. The van der Waals surface area contributed by atoms with Crippen LogP contribution in [0.1, 0.15) is 16.1 Å². The van der Waals surface area contributed by atoms with Gasteiger partial charge in [-0.2, -0.15) is 10.2 Å². The molecule has 0 bridgehead atoms. The maximum absolute atomic E-state index is 12.6. The van der Waals surface area contributed by atoms with Crippen LogP contribution in [0.25, 0.3) is 10.8 Å². The highest BCUT2D eigenvalue weighted by Crippen LogP contribution is 2.21. The van der Waals surface area contributed by atoms with E-state index in [1.165, 1.54) is 13.3 Å². The van der Waals surface area contributed by atoms with Crippen molar-refractivity contribution in [1.29, 1.82) is 0 Å². The summed E-state index contributed by atoms with van der Waals surface area (Å²) >= 11 is 0. The average Bonchev–Trinajstić information content (AvgIpc) is 2.77. The van der Waals surface area contributed by atoms with Gasteiger partial charge in [-0.1, -0.05) is 48.5 Å². The maximum atomic E-state index is 12.6. The van der Waals surface area contributed by atoms with Gasteiger partial charge in [-0.3, -0.25) is 9.59 Å². The Morgan fingerprint density at radius 1 is 0.967 bits per heavy atom. The molecule has 1 aromatic heterocycles. The number of hydrogen-bond donors (Lipinski definition) is 1. The Kier molecular flexibility index (Phi) is 5.34. The molecule has 0 atom stereocenters. The number of ether oxygens (including phenoxy) is 1. The Morgan fingerprint density at radius 2 is 1.67 bits per heavy atom. The molecule has 1 heterocycles. The van der Waals surface area contributed by atoms with Crippen LogP contribution in [0, 0.1) is 0 Å². The van der Waals surface area contributed by atoms with Crippen molar-refractivity contribution >= 4 is 22.9 Å². The minimum atomic E-state index is -0.505. The van der Waals surface area contributed by atoms with Crippen LogP contribution in [-0.4, -0.2) is 21.9 Å². The van der Waals surface area contributed by atoms with Crippen molar-refractivity contribution in [3.05, 3.63) is 100 Å². The Morgan fingerprint density at radius 3 is 2.47 bits per heavy atom. The van der Waals surface area contributed by atoms with E-state index < -0.39 is 5.91 Å². The predicted molar refractivity (Wildman–Crippen MR) is 115 cm³/mol. The lowest BCUT2D eigenvalue weighted by Gasteiger charge is -2.07. The van der Waals surface area contributed by atoms with E-state index >= 15 is 0 Å². The van der Waals surface area contributed by atoms with Gasteiger partial charge in [0.05, 0.1) is 11.6 Å². The highest BCUT2D eigenvalue weighted by molar-refractivity contribution is 6.04. The van der Waals surface area contributed by atoms with Crippen molar-refractivity contribution in [3.8, 4) is 11.5 Å². The molecule has 4 rings (SSSR count). The summed E-state index contributed by atoms with van der Waals surface area (Å²) in [5.41, 5.74) is 3.09. The first-order valence-electron chi connectivity index (χ1n) is 9.24. The van der Waals surface area contributed by atoms with E-state index in [2.05, 4.69) is 15.6 Å². The summed E-state index contributed by atoms with van der Waals surface area (Å²) in [5, 5.41) is 9.01. The third-order valence-corrected chi connectivity index (χ3v) is 4.39. The number of fused-ring (bicyclic) bond motifs is 1. The molecule has 7 nitrogen and oxygen atoms in total. The number of aryl methyl sites for hydroxylation is 1. The molecule has 4 aromatic rings. The van der Waals surface area contributed by atoms with Gasteiger partial charge in [-0.25, -0.2) is 10.1 Å². The molecular weight excluding hydrogens is 380 g/mol. The number of hydrazone groups is 1. The second kappa shape index (κ2) is 8.40. The summed E-state index contributed by atoms with van der Waals surface area (Å²) in [6, 6.07) is 23.6. The van der Waals surface area contributed by atoms with E-state index in [1.807, 2.05) is 54.6 Å². The fourth-order valence-corrected chi connectivity index (χ4v) is 2.97. The molecule has 7 heteroatoms. The number of hydrogen-bond acceptors (Lipinski definition) is 5. The average molecular weight is 398 g/mol. The van der Waals surface area contributed by atoms with E-state index in [0.29, 0.717) is 16.5 Å². The summed E-state index contributed by atoms with van der Waals surface area (Å²) in [4.78, 5) is 24.8. The van der Waals surface area contributed by atoms with Crippen LogP contribution in [0.2, 0.25) is 0 Å². The zero-order valence-electron chi connectivity index (χ0n) is 16.1. The van der Waals surface area contributed by atoms with Crippen molar-refractivity contribution in [2.45, 2.75) is 0 Å². The summed E-state index contributed by atoms with van der Waals surface area (Å²) in [6.07, 6.45) is 1.51. The fraction of sp³-hybridized carbons (Fsp3) is 0.0435. The van der Waals surface area contributed by atoms with Gasteiger partial charge in [-0.15, -0.1) is 0 Å². The first-order valence-corrected chi connectivity index (χ1v) is 9.24. The smallest absolute Gasteiger partial charge is 0.292 e. The van der Waals surface area contributed by atoms with Crippen molar-refractivity contribution < 1.29 is 9.53 Å². The van der Waals surface area contributed by atoms with Crippen LogP contribution in [0.5, 0.6) is 11.5 Å². The molecule has 0 aliphatic carbocycles. The van der Waals surface area contributed by atoms with Crippen LogP contribution in [0.4, 0.5) is 0 Å². The van der Waals surface area contributed by atoms with Crippen LogP contribution in [0.15, 0.2) is 88.8 Å². The van der Waals surface area contributed by atoms with Crippen LogP contribution in [-0.2, 0) is 7.05 Å². The molecule has 30 heavy (non-hydrogen) atoms. The Bertz CT molecular complexity index is 1300. The minimum Gasteiger partial charge on any atom is -0.457 e. The molecule has 0 spiro atoms. The zero-order valence-corrected chi connectivity index (χ0v) is 16.1. The highest BCUT2D eigenvalue weighted by Gasteiger charge is 2.14. The van der Waals surface area contributed by atoms with Crippen LogP contribution in [0.3, 0.4) is 0 Å². The standard InChI is InChI=1S/C23H18N4O3/c1-27-23(29)20-13-6-5-12-19(20)21(26-27)22(28)25-24-15-16-8-7-11-18(14-16)30-17-9-3-2-4-10-17/h2-15H,1H3,(H,25,28)/b24-15+. The van der Waals surface area contributed by atoms with Gasteiger partial charge in [0.2, 0.25) is 0 Å². The lowest BCUT2D eigenvalue weighted by atomic mass is 10.1. The molecule has 3 aromatic carbocycles. The van der Waals surface area contributed by atoms with Gasteiger partial charge in [0.25, 0.3) is 11.5 Å². The third-order valence-electron chi connectivity index (χ3n) is 4.39. The molecule has 0 saturated carbocycles. The number of carbonyl (C=O) groups is 1. The molecule has 0 aliphatic rings. The van der Waals surface area contributed by atoms with E-state index in [1.54, 1.807) is 24.3 Å². The molecule has 0 saturated heterocycles. The lowest BCUT2D eigenvalue weighted by Crippen LogP contribution is -2.27. The highest BCUT2D eigenvalue weighted by atomic mass is 16.5. The molecular formula is C23H18N4O3. The summed E-state index contributed by atoms with van der Waals surface area (Å²) in [7, 11) is 1.51. The molecule has 0 unspecified atom stereocenters. The van der Waals surface area contributed by atoms with Gasteiger partial charge in [-0.05, 0) is 35.9 Å². The predicted octanol–water partition coefficient (Wildman–Crippen LogP) is 3.49. The monoisotopic (exact) mass is 398 g/mol. The van der Waals surface area contributed by atoms with Crippen LogP contribution < -0.4 is 15.7 Å². The number of nitrogens with zero attached hydrogens (tertiary/aromatic N) is 3. The molecule has 148 valence electrons. The quantitative estimate of drug-likeness (QED) is 0.412. The first-order chi connectivity index (χ1) is 14.6. The largest absolute Gasteiger partial charge is 0.457 e. The number of benzene rings is 3. The molecule has 0 fully saturated rings. The maximum Gasteiger partial charge on any atom is 0.292 e. The first kappa shape index (κ1) is 19.1. The Balaban J connectivity index is 1.51. The van der Waals surface area contributed by atoms with E-state index in [4.69, 9.17) is 4.74 Å². The van der Waals surface area contributed by atoms with Gasteiger partial charge < -0.3 is 4.74 Å². The van der Waals surface area contributed by atoms with Gasteiger partial charge >= 0.3 is 0 Å². The van der Waals surface area contributed by atoms with Gasteiger partial charge in [0.15, 0.2) is 5.69 Å². The molecule has 0 radical (unpaired) electrons. The fourth-order valence-electron chi connectivity index (χ4n) is 2.97. The SMILES string of the molecule is Cn1nc(C(=O)N/N=C/c2cccc(Oc3ccccc3)c2)c2ccccc2c1=O. The van der Waals surface area contributed by atoms with Gasteiger partial charge in [0.1, 0.15) is 11.5 Å². The number of para-hydroxylation sites is 1. The number of carbonyl (C=O) groups excluding carboxylic acids is 1. The molecule has 1 N–H and O–H groups in total. The molecule has 0 aliphatic heterocycles. The number of nitrogens with one attached hydrogen (secondary N) is 1. The summed E-state index contributed by atoms with van der Waals surface area (Å²) in [5.74, 6) is 0.879. The van der Waals surface area contributed by atoms with Crippen molar-refractivity contribution in [3.63, 3.8) is 0 Å². The third kappa shape index (κ3) is 4.10. The Labute approximate surface area is 172 Å². The Hall–Kier alpha value is -4.26. The van der Waals surface area contributed by atoms with E-state index in [9.17, 15) is 9.59 Å². The zero-order chi connectivity index (χ0) is 20.9. The van der Waals surface area contributed by atoms with Crippen LogP contribution >= 0.6 is 0 Å². The van der Waals surface area contributed by atoms with Gasteiger partial charge in [0, 0.05) is 12.4 Å². The van der Waals surface area contributed by atoms with Crippen molar-refractivity contribution in [2.75, 3.05) is 0 Å². The summed E-state index contributed by atoms with van der Waals surface area (Å²) < 4.78 is 6.94. The van der Waals surface area contributed by atoms with Crippen molar-refractivity contribution in [1.82, 2.24) is 15.2 Å². The van der Waals surface area contributed by atoms with E-state index in [0.717, 1.165) is 16.0 Å².